The average molecular weight is 353 g/mol. The Bertz CT molecular complexity index is 793. The van der Waals surface area contributed by atoms with Gasteiger partial charge in [0.15, 0.2) is 0 Å². The van der Waals surface area contributed by atoms with Gasteiger partial charge in [-0.15, -0.1) is 0 Å². The van der Waals surface area contributed by atoms with E-state index in [1.807, 2.05) is 0 Å². The van der Waals surface area contributed by atoms with Crippen molar-refractivity contribution in [3.05, 3.63) is 47.5 Å². The molecule has 1 aromatic carbocycles. The largest absolute Gasteiger partial charge is 0.373 e. The number of halogens is 1. The fourth-order valence-electron chi connectivity index (χ4n) is 2.95. The molecule has 0 radical (unpaired) electrons. The number of hydrogen-bond acceptors (Lipinski definition) is 4. The van der Waals surface area contributed by atoms with Gasteiger partial charge in [-0.05, 0) is 37.5 Å². The van der Waals surface area contributed by atoms with Gasteiger partial charge in [0.25, 0.3) is 0 Å². The first kappa shape index (κ1) is 17.1. The number of sulfonamides is 1. The number of benzene rings is 1. The SMILES string of the molecule is Cc1ccc(F)c(S(=O)(=O)NC[C@@H]2CCCO[C@H]2c2cn[nH]c2)c1. The van der Waals surface area contributed by atoms with Crippen molar-refractivity contribution in [2.45, 2.75) is 30.8 Å². The topological polar surface area (TPSA) is 84.1 Å². The quantitative estimate of drug-likeness (QED) is 0.864. The van der Waals surface area contributed by atoms with Crippen molar-refractivity contribution in [2.75, 3.05) is 13.2 Å². The van der Waals surface area contributed by atoms with E-state index >= 15 is 0 Å². The molecule has 0 aliphatic carbocycles. The third-order valence-electron chi connectivity index (χ3n) is 4.20. The zero-order valence-corrected chi connectivity index (χ0v) is 14.1. The molecule has 1 saturated heterocycles. The molecule has 3 rings (SSSR count). The van der Waals surface area contributed by atoms with Gasteiger partial charge in [0.1, 0.15) is 10.7 Å². The van der Waals surface area contributed by atoms with Gasteiger partial charge < -0.3 is 4.74 Å². The highest BCUT2D eigenvalue weighted by Gasteiger charge is 2.30. The molecule has 0 unspecified atom stereocenters. The molecule has 2 N–H and O–H groups in total. The number of aromatic amines is 1. The van der Waals surface area contributed by atoms with E-state index in [-0.39, 0.29) is 23.5 Å². The molecular weight excluding hydrogens is 333 g/mol. The Kier molecular flexibility index (Phi) is 4.98. The van der Waals surface area contributed by atoms with Crippen molar-refractivity contribution in [3.8, 4) is 0 Å². The lowest BCUT2D eigenvalue weighted by atomic mass is 9.91. The van der Waals surface area contributed by atoms with Gasteiger partial charge in [-0.3, -0.25) is 5.10 Å². The predicted molar refractivity (Wildman–Crippen MR) is 86.3 cm³/mol. The maximum Gasteiger partial charge on any atom is 0.243 e. The van der Waals surface area contributed by atoms with E-state index in [0.717, 1.165) is 18.4 Å². The summed E-state index contributed by atoms with van der Waals surface area (Å²) >= 11 is 0. The Morgan fingerprint density at radius 3 is 3.04 bits per heavy atom. The zero-order chi connectivity index (χ0) is 17.2. The molecule has 24 heavy (non-hydrogen) atoms. The van der Waals surface area contributed by atoms with Crippen molar-refractivity contribution in [1.82, 2.24) is 14.9 Å². The molecule has 2 aromatic rings. The maximum atomic E-state index is 13.9. The van der Waals surface area contributed by atoms with Crippen LogP contribution in [0.1, 0.15) is 30.1 Å². The molecule has 2 atom stereocenters. The smallest absolute Gasteiger partial charge is 0.243 e. The van der Waals surface area contributed by atoms with Crippen LogP contribution in [0.2, 0.25) is 0 Å². The molecule has 0 amide bonds. The second-order valence-electron chi connectivity index (χ2n) is 6.01. The fraction of sp³-hybridized carbons (Fsp3) is 0.438. The number of rotatable bonds is 5. The maximum absolute atomic E-state index is 13.9. The average Bonchev–Trinajstić information content (AvgIpc) is 3.10. The van der Waals surface area contributed by atoms with Gasteiger partial charge >= 0.3 is 0 Å². The van der Waals surface area contributed by atoms with Gasteiger partial charge in [-0.1, -0.05) is 6.07 Å². The van der Waals surface area contributed by atoms with Crippen LogP contribution in [0.25, 0.3) is 0 Å². The summed E-state index contributed by atoms with van der Waals surface area (Å²) in [5.74, 6) is -0.779. The number of hydrogen-bond donors (Lipinski definition) is 2. The number of aryl methyl sites for hydroxylation is 1. The molecule has 1 fully saturated rings. The van der Waals surface area contributed by atoms with Gasteiger partial charge in [-0.25, -0.2) is 17.5 Å². The van der Waals surface area contributed by atoms with E-state index in [9.17, 15) is 12.8 Å². The van der Waals surface area contributed by atoms with Crippen molar-refractivity contribution < 1.29 is 17.5 Å². The molecule has 1 aliphatic rings. The summed E-state index contributed by atoms with van der Waals surface area (Å²) in [7, 11) is -3.91. The van der Waals surface area contributed by atoms with Gasteiger partial charge in [-0.2, -0.15) is 5.10 Å². The number of nitrogens with zero attached hydrogens (tertiary/aromatic N) is 1. The number of nitrogens with one attached hydrogen (secondary N) is 2. The molecule has 1 aliphatic heterocycles. The van der Waals surface area contributed by atoms with Crippen LogP contribution in [-0.4, -0.2) is 31.8 Å². The van der Waals surface area contributed by atoms with E-state index < -0.39 is 15.8 Å². The summed E-state index contributed by atoms with van der Waals surface area (Å²) in [6, 6.07) is 4.04. The molecule has 1 aromatic heterocycles. The lowest BCUT2D eigenvalue weighted by Gasteiger charge is -2.31. The van der Waals surface area contributed by atoms with Crippen molar-refractivity contribution in [2.24, 2.45) is 5.92 Å². The minimum atomic E-state index is -3.91. The van der Waals surface area contributed by atoms with E-state index in [1.165, 1.54) is 18.2 Å². The summed E-state index contributed by atoms with van der Waals surface area (Å²) < 4.78 is 47.0. The third kappa shape index (κ3) is 3.66. The first-order valence-corrected chi connectivity index (χ1v) is 9.32. The van der Waals surface area contributed by atoms with E-state index in [1.54, 1.807) is 19.3 Å². The van der Waals surface area contributed by atoms with Gasteiger partial charge in [0.05, 0.1) is 12.3 Å². The Morgan fingerprint density at radius 2 is 2.29 bits per heavy atom. The van der Waals surface area contributed by atoms with Crippen LogP contribution in [0, 0.1) is 18.7 Å². The summed E-state index contributed by atoms with van der Waals surface area (Å²) in [6.07, 6.45) is 4.89. The Balaban J connectivity index is 1.74. The highest BCUT2D eigenvalue weighted by atomic mass is 32.2. The lowest BCUT2D eigenvalue weighted by molar-refractivity contribution is -0.0262. The standard InChI is InChI=1S/C16H20FN3O3S/c1-11-4-5-14(17)15(7-11)24(21,22)20-10-12-3-2-6-23-16(12)13-8-18-19-9-13/h4-5,7-9,12,16,20H,2-3,6,10H2,1H3,(H,18,19)/t12-,16+/m0/s1. The van der Waals surface area contributed by atoms with E-state index in [4.69, 9.17) is 4.74 Å². The molecule has 0 spiro atoms. The molecule has 8 heteroatoms. The minimum Gasteiger partial charge on any atom is -0.373 e. The number of aromatic nitrogens is 2. The van der Waals surface area contributed by atoms with E-state index in [2.05, 4.69) is 14.9 Å². The van der Waals surface area contributed by atoms with Gasteiger partial charge in [0.2, 0.25) is 10.0 Å². The second-order valence-corrected chi connectivity index (χ2v) is 7.75. The van der Waals surface area contributed by atoms with Crippen molar-refractivity contribution >= 4 is 10.0 Å². The Labute approximate surface area is 140 Å². The summed E-state index contributed by atoms with van der Waals surface area (Å²) in [5.41, 5.74) is 1.58. The molecule has 0 saturated carbocycles. The Morgan fingerprint density at radius 1 is 1.46 bits per heavy atom. The second kappa shape index (κ2) is 7.00. The van der Waals surface area contributed by atoms with Crippen LogP contribution in [0.4, 0.5) is 4.39 Å². The summed E-state index contributed by atoms with van der Waals surface area (Å²) in [5, 5.41) is 6.66. The molecular formula is C16H20FN3O3S. The predicted octanol–water partition coefficient (Wildman–Crippen LogP) is 2.30. The molecule has 6 nitrogen and oxygen atoms in total. The lowest BCUT2D eigenvalue weighted by Crippen LogP contribution is -2.35. The number of H-pyrrole nitrogens is 1. The van der Waals surface area contributed by atoms with Crippen LogP contribution >= 0.6 is 0 Å². The highest BCUT2D eigenvalue weighted by molar-refractivity contribution is 7.89. The van der Waals surface area contributed by atoms with Crippen molar-refractivity contribution in [1.29, 1.82) is 0 Å². The monoisotopic (exact) mass is 353 g/mol. The summed E-state index contributed by atoms with van der Waals surface area (Å²) in [6.45, 7) is 2.54. The Hall–Kier alpha value is -1.77. The van der Waals surface area contributed by atoms with Gasteiger partial charge in [0, 0.05) is 30.8 Å². The minimum absolute atomic E-state index is 0.0287. The third-order valence-corrected chi connectivity index (χ3v) is 5.64. The molecule has 130 valence electrons. The van der Waals surface area contributed by atoms with Crippen LogP contribution in [0.5, 0.6) is 0 Å². The van der Waals surface area contributed by atoms with Crippen LogP contribution in [0.15, 0.2) is 35.5 Å². The number of ether oxygens (including phenoxy) is 1. The van der Waals surface area contributed by atoms with E-state index in [0.29, 0.717) is 12.2 Å². The zero-order valence-electron chi connectivity index (χ0n) is 13.3. The highest BCUT2D eigenvalue weighted by Crippen LogP contribution is 2.33. The van der Waals surface area contributed by atoms with Crippen LogP contribution in [0.3, 0.4) is 0 Å². The van der Waals surface area contributed by atoms with Crippen molar-refractivity contribution in [3.63, 3.8) is 0 Å². The summed E-state index contributed by atoms with van der Waals surface area (Å²) in [4.78, 5) is -0.320. The fourth-order valence-corrected chi connectivity index (χ4v) is 4.20. The van der Waals surface area contributed by atoms with Crippen LogP contribution < -0.4 is 4.72 Å². The van der Waals surface area contributed by atoms with Crippen LogP contribution in [-0.2, 0) is 14.8 Å². The molecule has 0 bridgehead atoms. The normalized spacial score (nSPS) is 21.8. The first-order valence-electron chi connectivity index (χ1n) is 7.83. The first-order chi connectivity index (χ1) is 11.5. The molecule has 2 heterocycles.